The van der Waals surface area contributed by atoms with Crippen LogP contribution >= 0.6 is 23.1 Å². The van der Waals surface area contributed by atoms with Crippen molar-refractivity contribution in [3.8, 4) is 0 Å². The van der Waals surface area contributed by atoms with Gasteiger partial charge < -0.3 is 10.1 Å². The first kappa shape index (κ1) is 20.6. The first-order chi connectivity index (χ1) is 12.9. The van der Waals surface area contributed by atoms with E-state index in [1.807, 2.05) is 0 Å². The van der Waals surface area contributed by atoms with Gasteiger partial charge in [0.05, 0.1) is 16.4 Å². The zero-order valence-electron chi connectivity index (χ0n) is 13.9. The third-order valence-electron chi connectivity index (χ3n) is 2.94. The SMILES string of the molecule is O=C(COC(=O)CSCC(=O)Nc1ccc(F)cc1)NC(=O)c1cccs1. The van der Waals surface area contributed by atoms with Gasteiger partial charge in [-0.2, -0.15) is 0 Å². The van der Waals surface area contributed by atoms with Crippen LogP contribution in [0.25, 0.3) is 0 Å². The quantitative estimate of drug-likeness (QED) is 0.646. The molecule has 0 aliphatic heterocycles. The molecule has 142 valence electrons. The number of amides is 3. The molecule has 2 aromatic rings. The van der Waals surface area contributed by atoms with E-state index < -0.39 is 30.2 Å². The summed E-state index contributed by atoms with van der Waals surface area (Å²) in [6, 6.07) is 8.51. The number of benzene rings is 1. The highest BCUT2D eigenvalue weighted by Crippen LogP contribution is 2.10. The van der Waals surface area contributed by atoms with Gasteiger partial charge >= 0.3 is 5.97 Å². The summed E-state index contributed by atoms with van der Waals surface area (Å²) in [6.45, 7) is -0.585. The van der Waals surface area contributed by atoms with Crippen LogP contribution in [0.2, 0.25) is 0 Å². The zero-order chi connectivity index (χ0) is 19.6. The van der Waals surface area contributed by atoms with Crippen LogP contribution < -0.4 is 10.6 Å². The van der Waals surface area contributed by atoms with Crippen molar-refractivity contribution in [1.82, 2.24) is 5.32 Å². The van der Waals surface area contributed by atoms with Crippen LogP contribution in [0.3, 0.4) is 0 Å². The average molecular weight is 410 g/mol. The number of thiophene rings is 1. The number of halogens is 1. The molecule has 10 heteroatoms. The van der Waals surface area contributed by atoms with Crippen molar-refractivity contribution in [2.24, 2.45) is 0 Å². The molecule has 1 aromatic carbocycles. The molecule has 1 aromatic heterocycles. The number of carbonyl (C=O) groups is 4. The van der Waals surface area contributed by atoms with E-state index in [2.05, 4.69) is 10.6 Å². The predicted molar refractivity (Wildman–Crippen MR) is 100 cm³/mol. The molecule has 0 bridgehead atoms. The van der Waals surface area contributed by atoms with Crippen molar-refractivity contribution < 1.29 is 28.3 Å². The third kappa shape index (κ3) is 7.59. The summed E-state index contributed by atoms with van der Waals surface area (Å²) in [4.78, 5) is 46.8. The maximum atomic E-state index is 12.8. The van der Waals surface area contributed by atoms with E-state index in [1.54, 1.807) is 17.5 Å². The molecule has 0 unspecified atom stereocenters. The molecule has 2 N–H and O–H groups in total. The first-order valence-corrected chi connectivity index (χ1v) is 9.64. The molecular formula is C17H15FN2O5S2. The molecule has 0 fully saturated rings. The number of esters is 1. The fourth-order valence-corrected chi connectivity index (χ4v) is 3.01. The number of thioether (sulfide) groups is 1. The molecule has 1 heterocycles. The van der Waals surface area contributed by atoms with Gasteiger partial charge in [0.25, 0.3) is 11.8 Å². The van der Waals surface area contributed by atoms with Gasteiger partial charge in [0.1, 0.15) is 5.82 Å². The van der Waals surface area contributed by atoms with Crippen LogP contribution in [0.5, 0.6) is 0 Å². The molecule has 0 aliphatic rings. The highest BCUT2D eigenvalue weighted by atomic mass is 32.2. The van der Waals surface area contributed by atoms with Crippen molar-refractivity contribution in [2.75, 3.05) is 23.4 Å². The highest BCUT2D eigenvalue weighted by molar-refractivity contribution is 8.00. The fraction of sp³-hybridized carbons (Fsp3) is 0.176. The van der Waals surface area contributed by atoms with Crippen molar-refractivity contribution in [3.05, 3.63) is 52.5 Å². The molecule has 27 heavy (non-hydrogen) atoms. The summed E-state index contributed by atoms with van der Waals surface area (Å²) in [7, 11) is 0. The minimum absolute atomic E-state index is 0.0183. The Morgan fingerprint density at radius 3 is 2.44 bits per heavy atom. The van der Waals surface area contributed by atoms with E-state index in [4.69, 9.17) is 4.74 Å². The van der Waals surface area contributed by atoms with Crippen LogP contribution in [-0.2, 0) is 19.1 Å². The Kier molecular flexibility index (Phi) is 7.96. The highest BCUT2D eigenvalue weighted by Gasteiger charge is 2.13. The van der Waals surface area contributed by atoms with Gasteiger partial charge in [-0.3, -0.25) is 24.5 Å². The lowest BCUT2D eigenvalue weighted by Crippen LogP contribution is -2.34. The minimum Gasteiger partial charge on any atom is -0.455 e. The summed E-state index contributed by atoms with van der Waals surface area (Å²) < 4.78 is 17.5. The monoisotopic (exact) mass is 410 g/mol. The van der Waals surface area contributed by atoms with Crippen molar-refractivity contribution >= 4 is 52.5 Å². The maximum absolute atomic E-state index is 12.8. The number of anilines is 1. The Morgan fingerprint density at radius 1 is 1.04 bits per heavy atom. The Labute approximate surface area is 162 Å². The Bertz CT molecular complexity index is 809. The molecule has 0 saturated heterocycles. The first-order valence-electron chi connectivity index (χ1n) is 7.60. The number of hydrogen-bond acceptors (Lipinski definition) is 7. The summed E-state index contributed by atoms with van der Waals surface area (Å²) in [5, 5.41) is 6.35. The number of rotatable bonds is 8. The average Bonchev–Trinajstić information content (AvgIpc) is 3.17. The smallest absolute Gasteiger partial charge is 0.316 e. The van der Waals surface area contributed by atoms with Gasteiger partial charge in [0.2, 0.25) is 5.91 Å². The molecule has 0 atom stereocenters. The Hall–Kier alpha value is -2.72. The lowest BCUT2D eigenvalue weighted by Gasteiger charge is -2.06. The lowest BCUT2D eigenvalue weighted by atomic mass is 10.3. The molecule has 0 saturated carbocycles. The summed E-state index contributed by atoms with van der Waals surface area (Å²) in [5.41, 5.74) is 0.441. The molecule has 3 amide bonds. The largest absolute Gasteiger partial charge is 0.455 e. The topological polar surface area (TPSA) is 102 Å². The number of nitrogens with one attached hydrogen (secondary N) is 2. The van der Waals surface area contributed by atoms with Crippen LogP contribution in [0.4, 0.5) is 10.1 Å². The Balaban J connectivity index is 1.60. The van der Waals surface area contributed by atoms with Crippen LogP contribution in [0, 0.1) is 5.82 Å². The summed E-state index contributed by atoms with van der Waals surface area (Å²) in [5.74, 6) is -2.91. The molecular weight excluding hydrogens is 395 g/mol. The molecule has 0 radical (unpaired) electrons. The Morgan fingerprint density at radius 2 is 1.78 bits per heavy atom. The van der Waals surface area contributed by atoms with Gasteiger partial charge in [-0.05, 0) is 35.7 Å². The van der Waals surface area contributed by atoms with Crippen LogP contribution in [0.1, 0.15) is 9.67 Å². The predicted octanol–water partition coefficient (Wildman–Crippen LogP) is 2.06. The third-order valence-corrected chi connectivity index (χ3v) is 4.72. The summed E-state index contributed by atoms with van der Waals surface area (Å²) in [6.07, 6.45) is 0. The second kappa shape index (κ2) is 10.4. The molecule has 0 spiro atoms. The zero-order valence-corrected chi connectivity index (χ0v) is 15.5. The van der Waals surface area contributed by atoms with Crippen molar-refractivity contribution in [1.29, 1.82) is 0 Å². The van der Waals surface area contributed by atoms with Gasteiger partial charge in [0, 0.05) is 5.69 Å². The van der Waals surface area contributed by atoms with Crippen molar-refractivity contribution in [2.45, 2.75) is 0 Å². The second-order valence-corrected chi connectivity index (χ2v) is 7.00. The molecule has 7 nitrogen and oxygen atoms in total. The van der Waals surface area contributed by atoms with Gasteiger partial charge in [-0.25, -0.2) is 4.39 Å². The van der Waals surface area contributed by atoms with Gasteiger partial charge in [0.15, 0.2) is 6.61 Å². The van der Waals surface area contributed by atoms with Crippen LogP contribution in [-0.4, -0.2) is 41.8 Å². The standard InChI is InChI=1S/C17H15FN2O5S2/c18-11-3-5-12(6-4-11)19-15(22)9-26-10-16(23)25-8-14(21)20-17(24)13-2-1-7-27-13/h1-7H,8-10H2,(H,19,22)(H,20,21,24). The normalized spacial score (nSPS) is 10.1. The summed E-state index contributed by atoms with van der Waals surface area (Å²) >= 11 is 2.18. The van der Waals surface area contributed by atoms with E-state index in [9.17, 15) is 23.6 Å². The fourth-order valence-electron chi connectivity index (χ4n) is 1.78. The maximum Gasteiger partial charge on any atom is 0.316 e. The van der Waals surface area contributed by atoms with E-state index in [1.165, 1.54) is 35.6 Å². The molecule has 2 rings (SSSR count). The van der Waals surface area contributed by atoms with E-state index in [-0.39, 0.29) is 17.4 Å². The van der Waals surface area contributed by atoms with E-state index >= 15 is 0 Å². The van der Waals surface area contributed by atoms with Gasteiger partial charge in [-0.15, -0.1) is 23.1 Å². The lowest BCUT2D eigenvalue weighted by molar-refractivity contribution is -0.145. The van der Waals surface area contributed by atoms with Gasteiger partial charge in [-0.1, -0.05) is 6.07 Å². The van der Waals surface area contributed by atoms with Crippen LogP contribution in [0.15, 0.2) is 41.8 Å². The number of ether oxygens (including phenoxy) is 1. The van der Waals surface area contributed by atoms with E-state index in [0.29, 0.717) is 10.6 Å². The second-order valence-electron chi connectivity index (χ2n) is 5.06. The number of imide groups is 1. The minimum atomic E-state index is -0.735. The number of carbonyl (C=O) groups excluding carboxylic acids is 4. The van der Waals surface area contributed by atoms with Crippen molar-refractivity contribution in [3.63, 3.8) is 0 Å². The molecule has 0 aliphatic carbocycles. The van der Waals surface area contributed by atoms with E-state index in [0.717, 1.165) is 11.8 Å². The number of hydrogen-bond donors (Lipinski definition) is 2.